The minimum atomic E-state index is -0.368. The molecule has 1 aliphatic carbocycles. The van der Waals surface area contributed by atoms with Crippen LogP contribution in [-0.4, -0.2) is 17.1 Å². The molecule has 2 aromatic carbocycles. The van der Waals surface area contributed by atoms with E-state index >= 15 is 0 Å². The zero-order valence-electron chi connectivity index (χ0n) is 14.8. The largest absolute Gasteiger partial charge is 0.459 e. The second kappa shape index (κ2) is 8.65. The normalized spacial score (nSPS) is 14.7. The van der Waals surface area contributed by atoms with Crippen molar-refractivity contribution in [2.75, 3.05) is 5.32 Å². The van der Waals surface area contributed by atoms with E-state index in [-0.39, 0.29) is 12.1 Å². The Bertz CT molecular complexity index is 815. The molecule has 1 aliphatic rings. The first-order valence-electron chi connectivity index (χ1n) is 8.92. The van der Waals surface area contributed by atoms with Crippen LogP contribution >= 0.6 is 23.8 Å². The molecule has 1 N–H and O–H groups in total. The number of nitrogens with one attached hydrogen (secondary N) is 1. The van der Waals surface area contributed by atoms with E-state index < -0.39 is 0 Å². The lowest BCUT2D eigenvalue weighted by Crippen LogP contribution is -2.21. The number of aryl methyl sites for hydroxylation is 1. The lowest BCUT2D eigenvalue weighted by molar-refractivity contribution is 0.0211. The van der Waals surface area contributed by atoms with E-state index in [0.717, 1.165) is 42.5 Å². The van der Waals surface area contributed by atoms with Crippen LogP contribution in [0.5, 0.6) is 0 Å². The van der Waals surface area contributed by atoms with E-state index in [2.05, 4.69) is 5.32 Å². The third kappa shape index (κ3) is 4.63. The van der Waals surface area contributed by atoms with Gasteiger partial charge in [-0.05, 0) is 56.4 Å². The number of hydrogen-bond donors (Lipinski definition) is 1. The first-order valence-corrected chi connectivity index (χ1v) is 9.71. The molecule has 0 bridgehead atoms. The third-order valence-corrected chi connectivity index (χ3v) is 5.31. The maximum atomic E-state index is 12.5. The molecule has 0 spiro atoms. The Labute approximate surface area is 164 Å². The minimum Gasteiger partial charge on any atom is -0.459 e. The summed E-state index contributed by atoms with van der Waals surface area (Å²) in [4.78, 5) is 13.1. The molecule has 2 aromatic rings. The van der Waals surface area contributed by atoms with Gasteiger partial charge in [0.1, 0.15) is 11.1 Å². The Morgan fingerprint density at radius 1 is 1.12 bits per heavy atom. The maximum Gasteiger partial charge on any atom is 0.340 e. The van der Waals surface area contributed by atoms with Gasteiger partial charge < -0.3 is 10.1 Å². The molecule has 3 nitrogen and oxygen atoms in total. The Kier molecular flexibility index (Phi) is 6.28. The monoisotopic (exact) mass is 387 g/mol. The molecular formula is C21H22ClNO2S. The second-order valence-electron chi connectivity index (χ2n) is 6.63. The van der Waals surface area contributed by atoms with Crippen LogP contribution in [0, 0.1) is 6.92 Å². The summed E-state index contributed by atoms with van der Waals surface area (Å²) in [5.74, 6) is -0.368. The van der Waals surface area contributed by atoms with Gasteiger partial charge >= 0.3 is 5.97 Å². The van der Waals surface area contributed by atoms with Gasteiger partial charge in [-0.1, -0.05) is 54.5 Å². The molecule has 1 saturated carbocycles. The number of rotatable bonds is 4. The quantitative estimate of drug-likeness (QED) is 0.521. The number of ether oxygens (including phenoxy) is 1. The van der Waals surface area contributed by atoms with Gasteiger partial charge in [-0.15, -0.1) is 0 Å². The highest BCUT2D eigenvalue weighted by molar-refractivity contribution is 7.81. The fourth-order valence-electron chi connectivity index (χ4n) is 3.18. The number of thiocarbonyl (C=S) groups is 1. The topological polar surface area (TPSA) is 38.3 Å². The van der Waals surface area contributed by atoms with E-state index in [1.54, 1.807) is 12.1 Å². The maximum absolute atomic E-state index is 12.5. The van der Waals surface area contributed by atoms with Crippen LogP contribution < -0.4 is 5.32 Å². The van der Waals surface area contributed by atoms with E-state index in [1.165, 1.54) is 6.42 Å². The number of halogens is 1. The number of esters is 1. The molecule has 136 valence electrons. The smallest absolute Gasteiger partial charge is 0.340 e. The van der Waals surface area contributed by atoms with Gasteiger partial charge in [-0.3, -0.25) is 0 Å². The van der Waals surface area contributed by atoms with Crippen molar-refractivity contribution in [3.05, 3.63) is 64.2 Å². The molecule has 5 heteroatoms. The van der Waals surface area contributed by atoms with Crippen LogP contribution in [0.4, 0.5) is 5.69 Å². The summed E-state index contributed by atoms with van der Waals surface area (Å²) in [6, 6.07) is 13.1. The molecule has 0 atom stereocenters. The fraction of sp³-hybridized carbons (Fsp3) is 0.333. The minimum absolute atomic E-state index is 0.00280. The highest BCUT2D eigenvalue weighted by Gasteiger charge is 2.21. The molecule has 0 aliphatic heterocycles. The lowest BCUT2D eigenvalue weighted by atomic mass is 9.98. The van der Waals surface area contributed by atoms with Crippen molar-refractivity contribution in [2.24, 2.45) is 0 Å². The van der Waals surface area contributed by atoms with Crippen LogP contribution in [0.3, 0.4) is 0 Å². The first-order chi connectivity index (χ1) is 12.5. The number of carbonyl (C=O) groups excluding carboxylic acids is 1. The molecule has 0 unspecified atom stereocenters. The summed E-state index contributed by atoms with van der Waals surface area (Å²) < 4.78 is 5.64. The van der Waals surface area contributed by atoms with E-state index in [9.17, 15) is 4.79 Å². The van der Waals surface area contributed by atoms with E-state index in [1.807, 2.05) is 37.3 Å². The Morgan fingerprint density at radius 2 is 1.85 bits per heavy atom. The fourth-order valence-corrected chi connectivity index (χ4v) is 3.72. The van der Waals surface area contributed by atoms with Crippen molar-refractivity contribution in [2.45, 2.75) is 45.1 Å². The number of benzene rings is 2. The standard InChI is InChI=1S/C21H22ClNO2S/c1-14-7-5-6-10-17(14)20(26)23-15-11-12-19(22)18(13-15)21(24)25-16-8-3-2-4-9-16/h5-7,10-13,16H,2-4,8-9H2,1H3,(H,23,26). The van der Waals surface area contributed by atoms with E-state index in [4.69, 9.17) is 28.6 Å². The average molecular weight is 388 g/mol. The molecule has 26 heavy (non-hydrogen) atoms. The Hall–Kier alpha value is -1.91. The third-order valence-electron chi connectivity index (χ3n) is 4.66. The van der Waals surface area contributed by atoms with Crippen molar-refractivity contribution in [1.29, 1.82) is 0 Å². The second-order valence-corrected chi connectivity index (χ2v) is 7.44. The Balaban J connectivity index is 1.73. The van der Waals surface area contributed by atoms with Crippen molar-refractivity contribution >= 4 is 40.5 Å². The highest BCUT2D eigenvalue weighted by atomic mass is 35.5. The summed E-state index contributed by atoms with van der Waals surface area (Å²) in [6.45, 7) is 2.01. The van der Waals surface area contributed by atoms with E-state index in [0.29, 0.717) is 15.6 Å². The van der Waals surface area contributed by atoms with Gasteiger partial charge in [0.25, 0.3) is 0 Å². The summed E-state index contributed by atoms with van der Waals surface area (Å²) in [5, 5.41) is 3.58. The molecule has 0 radical (unpaired) electrons. The average Bonchev–Trinajstić information content (AvgIpc) is 2.64. The SMILES string of the molecule is Cc1ccccc1C(=S)Nc1ccc(Cl)c(C(=O)OC2CCCCC2)c1. The van der Waals surface area contributed by atoms with Crippen molar-refractivity contribution in [1.82, 2.24) is 0 Å². The molecule has 1 fully saturated rings. The zero-order valence-corrected chi connectivity index (χ0v) is 16.3. The van der Waals surface area contributed by atoms with Crippen molar-refractivity contribution in [3.63, 3.8) is 0 Å². The molecule has 0 saturated heterocycles. The van der Waals surface area contributed by atoms with Gasteiger partial charge in [0.15, 0.2) is 0 Å². The van der Waals surface area contributed by atoms with Gasteiger partial charge in [-0.2, -0.15) is 0 Å². The number of hydrogen-bond acceptors (Lipinski definition) is 3. The highest BCUT2D eigenvalue weighted by Crippen LogP contribution is 2.26. The van der Waals surface area contributed by atoms with Gasteiger partial charge in [0, 0.05) is 11.3 Å². The molecular weight excluding hydrogens is 366 g/mol. The van der Waals surface area contributed by atoms with Crippen LogP contribution in [0.2, 0.25) is 5.02 Å². The number of anilines is 1. The summed E-state index contributed by atoms with van der Waals surface area (Å²) in [5.41, 5.74) is 3.15. The zero-order chi connectivity index (χ0) is 18.5. The summed E-state index contributed by atoms with van der Waals surface area (Å²) in [7, 11) is 0. The van der Waals surface area contributed by atoms with Crippen molar-refractivity contribution < 1.29 is 9.53 Å². The van der Waals surface area contributed by atoms with Gasteiger partial charge in [0.2, 0.25) is 0 Å². The van der Waals surface area contributed by atoms with Crippen LogP contribution in [0.1, 0.15) is 53.6 Å². The predicted molar refractivity (Wildman–Crippen MR) is 110 cm³/mol. The molecule has 0 aromatic heterocycles. The van der Waals surface area contributed by atoms with Crippen LogP contribution in [0.15, 0.2) is 42.5 Å². The lowest BCUT2D eigenvalue weighted by Gasteiger charge is -2.22. The van der Waals surface area contributed by atoms with Gasteiger partial charge in [-0.25, -0.2) is 4.79 Å². The molecule has 0 heterocycles. The van der Waals surface area contributed by atoms with Crippen molar-refractivity contribution in [3.8, 4) is 0 Å². The Morgan fingerprint density at radius 3 is 2.58 bits per heavy atom. The first kappa shape index (κ1) is 18.9. The molecule has 3 rings (SSSR count). The summed E-state index contributed by atoms with van der Waals surface area (Å²) >= 11 is 11.7. The number of carbonyl (C=O) groups is 1. The van der Waals surface area contributed by atoms with Gasteiger partial charge in [0.05, 0.1) is 10.6 Å². The summed E-state index contributed by atoms with van der Waals surface area (Å²) in [6.07, 6.45) is 5.29. The predicted octanol–water partition coefficient (Wildman–Crippen LogP) is 5.93. The van der Waals surface area contributed by atoms with Crippen LogP contribution in [-0.2, 0) is 4.74 Å². The molecule has 0 amide bonds. The van der Waals surface area contributed by atoms with Crippen LogP contribution in [0.25, 0.3) is 0 Å².